The summed E-state index contributed by atoms with van der Waals surface area (Å²) in [6.45, 7) is 0.0883. The second kappa shape index (κ2) is 7.76. The number of methoxy groups -OCH3 is 1. The van der Waals surface area contributed by atoms with Crippen LogP contribution in [0.1, 0.15) is 18.7 Å². The maximum absolute atomic E-state index is 11.7. The van der Waals surface area contributed by atoms with Gasteiger partial charge in [-0.15, -0.1) is 0 Å². The minimum Gasteiger partial charge on any atom is -0.497 e. The van der Waals surface area contributed by atoms with E-state index >= 15 is 0 Å². The van der Waals surface area contributed by atoms with Crippen molar-refractivity contribution in [2.24, 2.45) is 0 Å². The van der Waals surface area contributed by atoms with Gasteiger partial charge >= 0.3 is 0 Å². The monoisotopic (exact) mass is 334 g/mol. The number of aromatic amines is 1. The first-order chi connectivity index (χ1) is 11.0. The zero-order valence-corrected chi connectivity index (χ0v) is 13.6. The van der Waals surface area contributed by atoms with E-state index in [4.69, 9.17) is 10.00 Å². The van der Waals surface area contributed by atoms with Gasteiger partial charge in [-0.3, -0.25) is 0 Å². The molecule has 2 aromatic rings. The molecule has 0 aliphatic heterocycles. The summed E-state index contributed by atoms with van der Waals surface area (Å²) < 4.78 is 31.1. The molecule has 0 amide bonds. The van der Waals surface area contributed by atoms with Gasteiger partial charge in [0.25, 0.3) is 0 Å². The maximum Gasteiger partial charge on any atom is 0.212 e. The maximum atomic E-state index is 11.7. The molecule has 122 valence electrons. The van der Waals surface area contributed by atoms with Crippen molar-refractivity contribution in [3.8, 4) is 23.1 Å². The Bertz CT molecular complexity index is 776. The van der Waals surface area contributed by atoms with Crippen LogP contribution < -0.4 is 9.46 Å². The van der Waals surface area contributed by atoms with E-state index in [1.807, 2.05) is 30.3 Å². The Morgan fingerprint density at radius 1 is 1.35 bits per heavy atom. The number of imidazole rings is 1. The third-order valence-corrected chi connectivity index (χ3v) is 4.60. The van der Waals surface area contributed by atoms with E-state index in [2.05, 4.69) is 14.7 Å². The van der Waals surface area contributed by atoms with Gasteiger partial charge in [0.05, 0.1) is 37.4 Å². The van der Waals surface area contributed by atoms with Crippen molar-refractivity contribution in [2.75, 3.05) is 12.9 Å². The van der Waals surface area contributed by atoms with Gasteiger partial charge in [-0.25, -0.2) is 18.1 Å². The standard InChI is InChI=1S/C15H18N4O3S/c1-22-13-6-4-12(5-7-13)14-10-17-15(19-14)11-18-23(20,21)9-3-2-8-16/h4-7,10,18H,2-3,9,11H2,1H3,(H,17,19). The van der Waals surface area contributed by atoms with E-state index in [1.165, 1.54) is 0 Å². The number of nitrogens with one attached hydrogen (secondary N) is 2. The number of hydrogen-bond acceptors (Lipinski definition) is 5. The van der Waals surface area contributed by atoms with Crippen molar-refractivity contribution in [2.45, 2.75) is 19.4 Å². The second-order valence-electron chi connectivity index (χ2n) is 4.87. The molecule has 0 fully saturated rings. The van der Waals surface area contributed by atoms with E-state index in [-0.39, 0.29) is 18.7 Å². The van der Waals surface area contributed by atoms with Crippen LogP contribution in [0.15, 0.2) is 30.5 Å². The molecule has 1 aromatic heterocycles. The zero-order valence-electron chi connectivity index (χ0n) is 12.7. The molecule has 0 aliphatic carbocycles. The largest absolute Gasteiger partial charge is 0.497 e. The number of nitriles is 1. The smallest absolute Gasteiger partial charge is 0.212 e. The molecule has 0 atom stereocenters. The molecule has 1 heterocycles. The molecule has 1 aromatic carbocycles. The summed E-state index contributed by atoms with van der Waals surface area (Å²) in [6, 6.07) is 9.39. The Labute approximate surface area is 135 Å². The number of ether oxygens (including phenoxy) is 1. The molecule has 0 saturated carbocycles. The van der Waals surface area contributed by atoms with Crippen LogP contribution in [0.25, 0.3) is 11.3 Å². The highest BCUT2D eigenvalue weighted by Crippen LogP contribution is 2.20. The molecular formula is C15H18N4O3S. The van der Waals surface area contributed by atoms with E-state index in [0.29, 0.717) is 12.2 Å². The molecule has 8 heteroatoms. The molecule has 7 nitrogen and oxygen atoms in total. The molecule has 2 N–H and O–H groups in total. The van der Waals surface area contributed by atoms with E-state index < -0.39 is 10.0 Å². The van der Waals surface area contributed by atoms with Crippen molar-refractivity contribution in [1.29, 1.82) is 5.26 Å². The van der Waals surface area contributed by atoms with Gasteiger partial charge in [0.15, 0.2) is 0 Å². The summed E-state index contributed by atoms with van der Waals surface area (Å²) in [5.74, 6) is 1.23. The molecule has 23 heavy (non-hydrogen) atoms. The van der Waals surface area contributed by atoms with Crippen molar-refractivity contribution in [1.82, 2.24) is 14.7 Å². The highest BCUT2D eigenvalue weighted by atomic mass is 32.2. The van der Waals surface area contributed by atoms with Gasteiger partial charge in [0, 0.05) is 6.42 Å². The minimum atomic E-state index is -3.39. The number of H-pyrrole nitrogens is 1. The summed E-state index contributed by atoms with van der Waals surface area (Å²) in [5, 5.41) is 8.43. The molecule has 0 radical (unpaired) electrons. The normalized spacial score (nSPS) is 11.1. The Hall–Kier alpha value is -2.37. The van der Waals surface area contributed by atoms with Crippen LogP contribution in [0.3, 0.4) is 0 Å². The van der Waals surface area contributed by atoms with Gasteiger partial charge in [0.1, 0.15) is 11.6 Å². The number of benzene rings is 1. The number of rotatable bonds is 8. The molecular weight excluding hydrogens is 316 g/mol. The predicted octanol–water partition coefficient (Wildman–Crippen LogP) is 1.81. The lowest BCUT2D eigenvalue weighted by Gasteiger charge is -2.04. The van der Waals surface area contributed by atoms with Crippen LogP contribution in [-0.2, 0) is 16.6 Å². The van der Waals surface area contributed by atoms with Crippen LogP contribution >= 0.6 is 0 Å². The van der Waals surface area contributed by atoms with Gasteiger partial charge in [-0.1, -0.05) is 0 Å². The third kappa shape index (κ3) is 5.09. The highest BCUT2D eigenvalue weighted by Gasteiger charge is 2.11. The number of nitrogens with zero attached hydrogens (tertiary/aromatic N) is 2. The highest BCUT2D eigenvalue weighted by molar-refractivity contribution is 7.89. The van der Waals surface area contributed by atoms with Crippen LogP contribution in [0.5, 0.6) is 5.75 Å². The van der Waals surface area contributed by atoms with Gasteiger partial charge in [-0.05, 0) is 36.2 Å². The Morgan fingerprint density at radius 2 is 2.09 bits per heavy atom. The first-order valence-electron chi connectivity index (χ1n) is 7.06. The van der Waals surface area contributed by atoms with Crippen LogP contribution in [0.2, 0.25) is 0 Å². The molecule has 2 rings (SSSR count). The lowest BCUT2D eigenvalue weighted by molar-refractivity contribution is 0.415. The lowest BCUT2D eigenvalue weighted by atomic mass is 10.2. The summed E-state index contributed by atoms with van der Waals surface area (Å²) in [7, 11) is -1.79. The fraction of sp³-hybridized carbons (Fsp3) is 0.333. The average Bonchev–Trinajstić information content (AvgIpc) is 3.02. The molecule has 0 aliphatic rings. The Morgan fingerprint density at radius 3 is 2.74 bits per heavy atom. The van der Waals surface area contributed by atoms with Crippen LogP contribution in [-0.4, -0.2) is 31.2 Å². The number of sulfonamides is 1. The summed E-state index contributed by atoms with van der Waals surface area (Å²) >= 11 is 0. The van der Waals surface area contributed by atoms with Crippen molar-refractivity contribution >= 4 is 10.0 Å². The summed E-state index contributed by atoms with van der Waals surface area (Å²) in [6.07, 6.45) is 2.20. The number of unbranched alkanes of at least 4 members (excludes halogenated alkanes) is 1. The van der Waals surface area contributed by atoms with E-state index in [9.17, 15) is 8.42 Å². The van der Waals surface area contributed by atoms with Gasteiger partial charge < -0.3 is 9.72 Å². The van der Waals surface area contributed by atoms with E-state index in [0.717, 1.165) is 17.0 Å². The molecule has 0 bridgehead atoms. The van der Waals surface area contributed by atoms with Crippen molar-refractivity contribution < 1.29 is 13.2 Å². The topological polar surface area (TPSA) is 108 Å². The summed E-state index contributed by atoms with van der Waals surface area (Å²) in [5.41, 5.74) is 1.73. The van der Waals surface area contributed by atoms with Gasteiger partial charge in [0.2, 0.25) is 10.0 Å². The SMILES string of the molecule is COc1ccc(-c2cnc(CNS(=O)(=O)CCCC#N)[nH]2)cc1. The first kappa shape index (κ1) is 17.0. The van der Waals surface area contributed by atoms with Crippen molar-refractivity contribution in [3.63, 3.8) is 0 Å². The number of aromatic nitrogens is 2. The fourth-order valence-electron chi connectivity index (χ4n) is 1.96. The Balaban J connectivity index is 1.95. The minimum absolute atomic E-state index is 0.0629. The lowest BCUT2D eigenvalue weighted by Crippen LogP contribution is -2.26. The fourth-order valence-corrected chi connectivity index (χ4v) is 2.99. The molecule has 0 saturated heterocycles. The zero-order chi connectivity index (χ0) is 16.7. The van der Waals surface area contributed by atoms with Gasteiger partial charge in [-0.2, -0.15) is 5.26 Å². The predicted molar refractivity (Wildman–Crippen MR) is 86.0 cm³/mol. The third-order valence-electron chi connectivity index (χ3n) is 3.19. The second-order valence-corrected chi connectivity index (χ2v) is 6.80. The molecule has 0 unspecified atom stereocenters. The Kier molecular flexibility index (Phi) is 5.73. The quantitative estimate of drug-likeness (QED) is 0.716. The van der Waals surface area contributed by atoms with Crippen LogP contribution in [0.4, 0.5) is 0 Å². The molecule has 0 spiro atoms. The van der Waals surface area contributed by atoms with Crippen LogP contribution in [0, 0.1) is 11.3 Å². The summed E-state index contributed by atoms with van der Waals surface area (Å²) in [4.78, 5) is 7.24. The number of hydrogen-bond donors (Lipinski definition) is 2. The average molecular weight is 334 g/mol. The van der Waals surface area contributed by atoms with E-state index in [1.54, 1.807) is 13.3 Å². The first-order valence-corrected chi connectivity index (χ1v) is 8.72. The van der Waals surface area contributed by atoms with Crippen molar-refractivity contribution in [3.05, 3.63) is 36.3 Å².